The van der Waals surface area contributed by atoms with Gasteiger partial charge in [-0.25, -0.2) is 0 Å². The normalized spacial score (nSPS) is 10.1. The predicted octanol–water partition coefficient (Wildman–Crippen LogP) is 2.99. The van der Waals surface area contributed by atoms with Gasteiger partial charge >= 0.3 is 0 Å². The van der Waals surface area contributed by atoms with E-state index in [0.717, 1.165) is 12.8 Å². The molecule has 18 heavy (non-hydrogen) atoms. The lowest BCUT2D eigenvalue weighted by atomic mass is 10.2. The minimum atomic E-state index is -0.452. The summed E-state index contributed by atoms with van der Waals surface area (Å²) in [4.78, 5) is 14.4. The molecule has 1 N–H and O–H groups in total. The Morgan fingerprint density at radius 1 is 1.39 bits per heavy atom. The van der Waals surface area contributed by atoms with Crippen molar-refractivity contribution in [2.75, 3.05) is 19.0 Å². The average Bonchev–Trinajstić information content (AvgIpc) is 2.38. The van der Waals surface area contributed by atoms with E-state index in [1.807, 2.05) is 0 Å². The fraction of sp³-hybridized carbons (Fsp3) is 0.583. The highest BCUT2D eigenvalue weighted by Crippen LogP contribution is 2.22. The van der Waals surface area contributed by atoms with Crippen LogP contribution >= 0.6 is 0 Å². The molecule has 1 rings (SSSR count). The fourth-order valence-electron chi connectivity index (χ4n) is 1.50. The van der Waals surface area contributed by atoms with Crippen molar-refractivity contribution in [1.29, 1.82) is 0 Å². The van der Waals surface area contributed by atoms with Crippen molar-refractivity contribution in [3.8, 4) is 5.88 Å². The Morgan fingerprint density at radius 2 is 2.17 bits per heavy atom. The van der Waals surface area contributed by atoms with Crippen molar-refractivity contribution in [1.82, 2.24) is 4.98 Å². The molecule has 0 fully saturated rings. The number of rotatable bonds is 8. The van der Waals surface area contributed by atoms with Gasteiger partial charge in [-0.2, -0.15) is 4.98 Å². The molecule has 0 aliphatic carbocycles. The zero-order valence-corrected chi connectivity index (χ0v) is 10.8. The van der Waals surface area contributed by atoms with Crippen LogP contribution in [0.25, 0.3) is 0 Å². The molecule has 0 saturated heterocycles. The van der Waals surface area contributed by atoms with Gasteiger partial charge in [0.15, 0.2) is 0 Å². The zero-order chi connectivity index (χ0) is 13.4. The highest BCUT2D eigenvalue weighted by Gasteiger charge is 2.11. The Bertz CT molecular complexity index is 396. The molecule has 100 valence electrons. The quantitative estimate of drug-likeness (QED) is 0.438. The smallest absolute Gasteiger partial charge is 0.278 e. The molecule has 0 aliphatic heterocycles. The molecule has 6 nitrogen and oxygen atoms in total. The van der Waals surface area contributed by atoms with Crippen molar-refractivity contribution in [2.24, 2.45) is 0 Å². The molecule has 1 aromatic rings. The number of ether oxygens (including phenoxy) is 1. The lowest BCUT2D eigenvalue weighted by Gasteiger charge is -2.06. The van der Waals surface area contributed by atoms with Gasteiger partial charge in [0, 0.05) is 7.05 Å². The first kappa shape index (κ1) is 14.2. The third kappa shape index (κ3) is 4.57. The molecular weight excluding hydrogens is 234 g/mol. The summed E-state index contributed by atoms with van der Waals surface area (Å²) in [5.74, 6) is 0.734. The van der Waals surface area contributed by atoms with Crippen molar-refractivity contribution in [2.45, 2.75) is 32.6 Å². The highest BCUT2D eigenvalue weighted by atomic mass is 16.6. The number of nitro groups is 1. The molecule has 0 amide bonds. The second-order valence-corrected chi connectivity index (χ2v) is 3.97. The molecule has 1 aromatic heterocycles. The summed E-state index contributed by atoms with van der Waals surface area (Å²) in [5, 5.41) is 13.5. The van der Waals surface area contributed by atoms with E-state index in [-0.39, 0.29) is 5.69 Å². The number of pyridine rings is 1. The number of hydrogen-bond acceptors (Lipinski definition) is 5. The molecule has 0 radical (unpaired) electrons. The largest absolute Gasteiger partial charge is 0.477 e. The first-order valence-electron chi connectivity index (χ1n) is 6.14. The van der Waals surface area contributed by atoms with Crippen LogP contribution < -0.4 is 10.1 Å². The van der Waals surface area contributed by atoms with E-state index >= 15 is 0 Å². The number of nitrogens with zero attached hydrogens (tertiary/aromatic N) is 2. The summed E-state index contributed by atoms with van der Waals surface area (Å²) in [6.45, 7) is 2.68. The zero-order valence-electron chi connectivity index (χ0n) is 10.8. The molecule has 0 aromatic carbocycles. The molecule has 6 heteroatoms. The Balaban J connectivity index is 2.58. The first-order valence-corrected chi connectivity index (χ1v) is 6.14. The van der Waals surface area contributed by atoms with Crippen molar-refractivity contribution in [3.05, 3.63) is 22.2 Å². The summed E-state index contributed by atoms with van der Waals surface area (Å²) in [5.41, 5.74) is -0.0158. The van der Waals surface area contributed by atoms with Crippen LogP contribution in [0.5, 0.6) is 5.88 Å². The Kier molecular flexibility index (Phi) is 5.90. The third-order valence-corrected chi connectivity index (χ3v) is 2.50. The fourth-order valence-corrected chi connectivity index (χ4v) is 1.50. The summed E-state index contributed by atoms with van der Waals surface area (Å²) in [6, 6.07) is 2.73. The maximum absolute atomic E-state index is 10.7. The maximum Gasteiger partial charge on any atom is 0.278 e. The minimum absolute atomic E-state index is 0.0158. The van der Waals surface area contributed by atoms with Gasteiger partial charge in [0.2, 0.25) is 5.88 Å². The van der Waals surface area contributed by atoms with Crippen LogP contribution in [0.15, 0.2) is 12.1 Å². The Morgan fingerprint density at radius 3 is 2.78 bits per heavy atom. The van der Waals surface area contributed by atoms with Crippen molar-refractivity contribution < 1.29 is 9.66 Å². The lowest BCUT2D eigenvalue weighted by molar-refractivity contribution is -0.384. The van der Waals surface area contributed by atoms with E-state index in [4.69, 9.17) is 4.74 Å². The summed E-state index contributed by atoms with van der Waals surface area (Å²) in [7, 11) is 1.66. The van der Waals surface area contributed by atoms with Crippen LogP contribution in [-0.2, 0) is 0 Å². The molecule has 0 aliphatic rings. The highest BCUT2D eigenvalue weighted by molar-refractivity contribution is 5.47. The second-order valence-electron chi connectivity index (χ2n) is 3.97. The van der Waals surface area contributed by atoms with E-state index in [2.05, 4.69) is 17.2 Å². The minimum Gasteiger partial charge on any atom is -0.477 e. The Hall–Kier alpha value is -1.85. The van der Waals surface area contributed by atoms with E-state index in [1.165, 1.54) is 25.0 Å². The lowest BCUT2D eigenvalue weighted by Crippen LogP contribution is -2.02. The number of unbranched alkanes of at least 4 members (excludes halogenated alkanes) is 3. The molecular formula is C12H19N3O3. The van der Waals surface area contributed by atoms with Gasteiger partial charge in [-0.3, -0.25) is 10.1 Å². The van der Waals surface area contributed by atoms with Gasteiger partial charge in [0.1, 0.15) is 5.82 Å². The molecule has 1 heterocycles. The van der Waals surface area contributed by atoms with Gasteiger partial charge in [-0.05, 0) is 6.42 Å². The predicted molar refractivity (Wildman–Crippen MR) is 70.1 cm³/mol. The van der Waals surface area contributed by atoms with Crippen LogP contribution in [0.1, 0.15) is 32.6 Å². The number of aromatic nitrogens is 1. The molecule has 0 spiro atoms. The van der Waals surface area contributed by atoms with Gasteiger partial charge in [-0.1, -0.05) is 26.2 Å². The SMILES string of the molecule is CCCCCCOc1cc([N+](=O)[O-])cc(NC)n1. The van der Waals surface area contributed by atoms with Crippen LogP contribution in [0.3, 0.4) is 0 Å². The van der Waals surface area contributed by atoms with E-state index in [1.54, 1.807) is 7.05 Å². The van der Waals surface area contributed by atoms with Gasteiger partial charge in [0.05, 0.1) is 23.7 Å². The Labute approximate surface area is 107 Å². The molecule has 0 saturated carbocycles. The summed E-state index contributed by atoms with van der Waals surface area (Å²) in [6.07, 6.45) is 4.38. The number of hydrogen-bond donors (Lipinski definition) is 1. The first-order chi connectivity index (χ1) is 8.67. The number of nitrogens with one attached hydrogen (secondary N) is 1. The molecule has 0 bridgehead atoms. The van der Waals surface area contributed by atoms with Gasteiger partial charge in [0.25, 0.3) is 5.69 Å². The van der Waals surface area contributed by atoms with E-state index in [0.29, 0.717) is 18.3 Å². The van der Waals surface area contributed by atoms with E-state index in [9.17, 15) is 10.1 Å². The van der Waals surface area contributed by atoms with Crippen LogP contribution in [0, 0.1) is 10.1 Å². The molecule has 0 unspecified atom stereocenters. The van der Waals surface area contributed by atoms with Crippen LogP contribution in [0.2, 0.25) is 0 Å². The van der Waals surface area contributed by atoms with Gasteiger partial charge < -0.3 is 10.1 Å². The second kappa shape index (κ2) is 7.47. The third-order valence-electron chi connectivity index (χ3n) is 2.50. The van der Waals surface area contributed by atoms with Crippen LogP contribution in [-0.4, -0.2) is 23.6 Å². The van der Waals surface area contributed by atoms with Crippen LogP contribution in [0.4, 0.5) is 11.5 Å². The van der Waals surface area contributed by atoms with Crippen molar-refractivity contribution >= 4 is 11.5 Å². The number of anilines is 1. The maximum atomic E-state index is 10.7. The topological polar surface area (TPSA) is 77.3 Å². The van der Waals surface area contributed by atoms with Crippen molar-refractivity contribution in [3.63, 3.8) is 0 Å². The van der Waals surface area contributed by atoms with Gasteiger partial charge in [-0.15, -0.1) is 0 Å². The standard InChI is InChI=1S/C12H19N3O3/c1-3-4-5-6-7-18-12-9-10(15(16)17)8-11(13-2)14-12/h8-9H,3-7H2,1-2H3,(H,13,14). The monoisotopic (exact) mass is 253 g/mol. The average molecular weight is 253 g/mol. The molecule has 0 atom stereocenters. The summed E-state index contributed by atoms with van der Waals surface area (Å²) < 4.78 is 5.43. The van der Waals surface area contributed by atoms with E-state index < -0.39 is 4.92 Å². The summed E-state index contributed by atoms with van der Waals surface area (Å²) >= 11 is 0.